The summed E-state index contributed by atoms with van der Waals surface area (Å²) < 4.78 is 4.05. The molecule has 1 amide bonds. The summed E-state index contributed by atoms with van der Waals surface area (Å²) >= 11 is 12.5. The Morgan fingerprint density at radius 1 is 1.32 bits per heavy atom. The summed E-state index contributed by atoms with van der Waals surface area (Å²) in [5.41, 5.74) is 2.07. The number of rotatable bonds is 2. The standard InChI is InChI=1S/C15H12BrClN2OS2/c1-3-19-13-8(2)9(17)4-5-10(13)22-15(19)18-14(20)11-6-7-12(16)21-11/h4-7H,3H2,1-2H3. The Hall–Kier alpha value is -0.950. The zero-order valence-electron chi connectivity index (χ0n) is 11.9. The van der Waals surface area contributed by atoms with Crippen molar-refractivity contribution in [2.75, 3.05) is 0 Å². The van der Waals surface area contributed by atoms with Crippen LogP contribution in [0.3, 0.4) is 0 Å². The van der Waals surface area contributed by atoms with Crippen LogP contribution in [0.5, 0.6) is 0 Å². The van der Waals surface area contributed by atoms with E-state index in [1.807, 2.05) is 36.6 Å². The number of benzene rings is 1. The topological polar surface area (TPSA) is 34.4 Å². The van der Waals surface area contributed by atoms with Crippen molar-refractivity contribution in [2.45, 2.75) is 20.4 Å². The molecule has 0 spiro atoms. The summed E-state index contributed by atoms with van der Waals surface area (Å²) in [6.07, 6.45) is 0. The fourth-order valence-corrected chi connectivity index (χ4v) is 4.84. The third-order valence-electron chi connectivity index (χ3n) is 3.33. The van der Waals surface area contributed by atoms with E-state index >= 15 is 0 Å². The number of hydrogen-bond acceptors (Lipinski definition) is 3. The van der Waals surface area contributed by atoms with E-state index in [9.17, 15) is 4.79 Å². The third kappa shape index (κ3) is 2.80. The molecule has 2 aromatic heterocycles. The van der Waals surface area contributed by atoms with Gasteiger partial charge < -0.3 is 4.57 Å². The van der Waals surface area contributed by atoms with Gasteiger partial charge in [-0.25, -0.2) is 0 Å². The van der Waals surface area contributed by atoms with Crippen LogP contribution in [-0.4, -0.2) is 10.5 Å². The number of amides is 1. The average Bonchev–Trinajstić information content (AvgIpc) is 3.06. The molecule has 0 atom stereocenters. The molecule has 0 saturated heterocycles. The molecule has 3 rings (SSSR count). The SMILES string of the molecule is CCn1c(=NC(=O)c2ccc(Br)s2)sc2ccc(Cl)c(C)c21. The zero-order chi connectivity index (χ0) is 15.9. The second kappa shape index (κ2) is 6.28. The van der Waals surface area contributed by atoms with Gasteiger partial charge in [0.2, 0.25) is 0 Å². The van der Waals surface area contributed by atoms with Crippen LogP contribution in [0, 0.1) is 6.92 Å². The Labute approximate surface area is 149 Å². The molecular formula is C15H12BrClN2OS2. The monoisotopic (exact) mass is 414 g/mol. The van der Waals surface area contributed by atoms with E-state index in [0.717, 1.165) is 31.1 Å². The summed E-state index contributed by atoms with van der Waals surface area (Å²) in [5, 5.41) is 0.729. The van der Waals surface area contributed by atoms with Gasteiger partial charge in [-0.2, -0.15) is 4.99 Å². The Morgan fingerprint density at radius 2 is 2.09 bits per heavy atom. The maximum atomic E-state index is 12.3. The zero-order valence-corrected chi connectivity index (χ0v) is 15.9. The van der Waals surface area contributed by atoms with Gasteiger partial charge in [0.1, 0.15) is 0 Å². The highest BCUT2D eigenvalue weighted by Gasteiger charge is 2.12. The summed E-state index contributed by atoms with van der Waals surface area (Å²) in [6.45, 7) is 4.77. The first-order valence-corrected chi connectivity index (χ1v) is 9.44. The van der Waals surface area contributed by atoms with Crippen LogP contribution >= 0.6 is 50.2 Å². The van der Waals surface area contributed by atoms with Crippen LogP contribution in [-0.2, 0) is 6.54 Å². The molecule has 0 aliphatic heterocycles. The van der Waals surface area contributed by atoms with Crippen LogP contribution in [0.2, 0.25) is 5.02 Å². The molecule has 0 unspecified atom stereocenters. The van der Waals surface area contributed by atoms with Gasteiger partial charge in [0, 0.05) is 11.6 Å². The largest absolute Gasteiger partial charge is 0.316 e. The molecule has 0 radical (unpaired) electrons. The van der Waals surface area contributed by atoms with Crippen LogP contribution in [0.25, 0.3) is 10.2 Å². The van der Waals surface area contributed by atoms with Crippen molar-refractivity contribution in [1.29, 1.82) is 0 Å². The molecule has 0 fully saturated rings. The van der Waals surface area contributed by atoms with Crippen molar-refractivity contribution in [3.05, 3.63) is 48.3 Å². The van der Waals surface area contributed by atoms with Gasteiger partial charge >= 0.3 is 0 Å². The first kappa shape index (κ1) is 15.9. The van der Waals surface area contributed by atoms with E-state index < -0.39 is 0 Å². The minimum atomic E-state index is -0.215. The fraction of sp³-hybridized carbons (Fsp3) is 0.200. The van der Waals surface area contributed by atoms with Gasteiger partial charge in [0.05, 0.1) is 18.9 Å². The van der Waals surface area contributed by atoms with Crippen LogP contribution < -0.4 is 4.80 Å². The number of aromatic nitrogens is 1. The summed E-state index contributed by atoms with van der Waals surface area (Å²) in [7, 11) is 0. The normalized spacial score (nSPS) is 12.3. The first-order chi connectivity index (χ1) is 10.5. The van der Waals surface area contributed by atoms with Crippen LogP contribution in [0.1, 0.15) is 22.2 Å². The minimum Gasteiger partial charge on any atom is -0.316 e. The predicted molar refractivity (Wildman–Crippen MR) is 97.1 cm³/mol. The Morgan fingerprint density at radius 3 is 2.73 bits per heavy atom. The number of thiazole rings is 1. The lowest BCUT2D eigenvalue weighted by Gasteiger charge is -2.04. The van der Waals surface area contributed by atoms with Crippen LogP contribution in [0.15, 0.2) is 33.0 Å². The molecule has 0 saturated carbocycles. The minimum absolute atomic E-state index is 0.215. The predicted octanol–water partition coefficient (Wildman–Crippen LogP) is 5.25. The highest BCUT2D eigenvalue weighted by Crippen LogP contribution is 2.27. The van der Waals surface area contributed by atoms with Gasteiger partial charge in [-0.05, 0) is 59.6 Å². The quantitative estimate of drug-likeness (QED) is 0.563. The maximum absolute atomic E-state index is 12.3. The van der Waals surface area contributed by atoms with Crippen molar-refractivity contribution in [3.8, 4) is 0 Å². The molecule has 0 bridgehead atoms. The molecule has 0 N–H and O–H groups in total. The lowest BCUT2D eigenvalue weighted by molar-refractivity contribution is 0.100. The highest BCUT2D eigenvalue weighted by molar-refractivity contribution is 9.11. The van der Waals surface area contributed by atoms with Gasteiger partial charge in [-0.15, -0.1) is 11.3 Å². The lowest BCUT2D eigenvalue weighted by Crippen LogP contribution is -2.16. The molecule has 2 heterocycles. The molecule has 7 heteroatoms. The number of nitrogens with zero attached hydrogens (tertiary/aromatic N) is 2. The Kier molecular flexibility index (Phi) is 4.54. The fourth-order valence-electron chi connectivity index (χ4n) is 2.27. The average molecular weight is 416 g/mol. The second-order valence-corrected chi connectivity index (χ2v) is 8.55. The second-order valence-electron chi connectivity index (χ2n) is 4.67. The van der Waals surface area contributed by atoms with E-state index in [2.05, 4.69) is 20.9 Å². The van der Waals surface area contributed by atoms with Gasteiger partial charge in [0.15, 0.2) is 4.80 Å². The van der Waals surface area contributed by atoms with Gasteiger partial charge in [-0.3, -0.25) is 4.79 Å². The number of thiophene rings is 1. The molecule has 3 nitrogen and oxygen atoms in total. The Bertz CT molecular complexity index is 939. The number of hydrogen-bond donors (Lipinski definition) is 0. The smallest absolute Gasteiger partial charge is 0.289 e. The van der Waals surface area contributed by atoms with E-state index in [1.54, 1.807) is 6.07 Å². The molecule has 0 aliphatic carbocycles. The van der Waals surface area contributed by atoms with E-state index in [0.29, 0.717) is 9.68 Å². The van der Waals surface area contributed by atoms with E-state index in [-0.39, 0.29) is 5.91 Å². The highest BCUT2D eigenvalue weighted by atomic mass is 79.9. The molecule has 22 heavy (non-hydrogen) atoms. The number of carbonyl (C=O) groups is 1. The van der Waals surface area contributed by atoms with E-state index in [4.69, 9.17) is 11.6 Å². The van der Waals surface area contributed by atoms with Crippen molar-refractivity contribution < 1.29 is 4.79 Å². The van der Waals surface area contributed by atoms with Crippen molar-refractivity contribution in [1.82, 2.24) is 4.57 Å². The number of carbonyl (C=O) groups excluding carboxylic acids is 1. The molecule has 114 valence electrons. The summed E-state index contributed by atoms with van der Waals surface area (Å²) in [6, 6.07) is 7.51. The summed E-state index contributed by atoms with van der Waals surface area (Å²) in [5.74, 6) is -0.215. The lowest BCUT2D eigenvalue weighted by atomic mass is 10.2. The summed E-state index contributed by atoms with van der Waals surface area (Å²) in [4.78, 5) is 18.0. The number of halogens is 2. The first-order valence-electron chi connectivity index (χ1n) is 6.64. The molecule has 1 aromatic carbocycles. The van der Waals surface area contributed by atoms with Crippen molar-refractivity contribution >= 4 is 66.3 Å². The molecular weight excluding hydrogens is 404 g/mol. The van der Waals surface area contributed by atoms with Crippen molar-refractivity contribution in [2.24, 2.45) is 4.99 Å². The van der Waals surface area contributed by atoms with Gasteiger partial charge in [0.25, 0.3) is 5.91 Å². The Balaban J connectivity index is 2.20. The maximum Gasteiger partial charge on any atom is 0.289 e. The number of aryl methyl sites for hydroxylation is 2. The van der Waals surface area contributed by atoms with Crippen LogP contribution in [0.4, 0.5) is 0 Å². The third-order valence-corrected chi connectivity index (χ3v) is 6.39. The van der Waals surface area contributed by atoms with Gasteiger partial charge in [-0.1, -0.05) is 22.9 Å². The number of fused-ring (bicyclic) bond motifs is 1. The van der Waals surface area contributed by atoms with Crippen molar-refractivity contribution in [3.63, 3.8) is 0 Å². The van der Waals surface area contributed by atoms with E-state index in [1.165, 1.54) is 22.7 Å². The molecule has 0 aliphatic rings. The molecule has 3 aromatic rings.